The van der Waals surface area contributed by atoms with Crippen LogP contribution in [-0.4, -0.2) is 15.7 Å². The Balaban J connectivity index is 1.42. The smallest absolute Gasteiger partial charge is 0.256 e. The molecule has 0 saturated heterocycles. The predicted molar refractivity (Wildman–Crippen MR) is 133 cm³/mol. The molecule has 1 amide bonds. The second-order valence-corrected chi connectivity index (χ2v) is 8.79. The SMILES string of the molecule is O=C(Nc1nn(Cc2ccccc2Cl)cc1Cl)c1cccc(COc2ccc(Cl)cc2Cl)c1. The van der Waals surface area contributed by atoms with Gasteiger partial charge in [0.25, 0.3) is 5.91 Å². The summed E-state index contributed by atoms with van der Waals surface area (Å²) in [6.07, 6.45) is 1.64. The molecule has 1 heterocycles. The van der Waals surface area contributed by atoms with E-state index in [1.807, 2.05) is 30.3 Å². The van der Waals surface area contributed by atoms with Gasteiger partial charge >= 0.3 is 0 Å². The van der Waals surface area contributed by atoms with Crippen molar-refractivity contribution in [1.82, 2.24) is 9.78 Å². The second-order valence-electron chi connectivity index (χ2n) is 7.13. The van der Waals surface area contributed by atoms with Crippen molar-refractivity contribution in [3.63, 3.8) is 0 Å². The quantitative estimate of drug-likeness (QED) is 0.276. The van der Waals surface area contributed by atoms with E-state index >= 15 is 0 Å². The molecule has 0 radical (unpaired) electrons. The van der Waals surface area contributed by atoms with Crippen LogP contribution in [0.25, 0.3) is 0 Å². The molecule has 0 fully saturated rings. The minimum absolute atomic E-state index is 0.232. The van der Waals surface area contributed by atoms with E-state index in [0.29, 0.717) is 37.9 Å². The van der Waals surface area contributed by atoms with Crippen LogP contribution < -0.4 is 10.1 Å². The Labute approximate surface area is 210 Å². The number of amides is 1. The summed E-state index contributed by atoms with van der Waals surface area (Å²) in [5, 5.41) is 9.02. The van der Waals surface area contributed by atoms with Crippen LogP contribution in [0, 0.1) is 0 Å². The molecule has 0 spiro atoms. The molecule has 33 heavy (non-hydrogen) atoms. The van der Waals surface area contributed by atoms with E-state index < -0.39 is 0 Å². The number of hydrogen-bond donors (Lipinski definition) is 1. The molecule has 4 aromatic rings. The number of aromatic nitrogens is 2. The van der Waals surface area contributed by atoms with E-state index in [2.05, 4.69) is 10.4 Å². The van der Waals surface area contributed by atoms with Crippen molar-refractivity contribution in [2.75, 3.05) is 5.32 Å². The van der Waals surface area contributed by atoms with E-state index in [-0.39, 0.29) is 18.3 Å². The highest BCUT2D eigenvalue weighted by molar-refractivity contribution is 6.35. The molecular formula is C24H17Cl4N3O2. The van der Waals surface area contributed by atoms with Crippen molar-refractivity contribution >= 4 is 58.1 Å². The van der Waals surface area contributed by atoms with E-state index in [0.717, 1.165) is 11.1 Å². The predicted octanol–water partition coefficient (Wildman–Crippen LogP) is 7.38. The fraction of sp³-hybridized carbons (Fsp3) is 0.0833. The summed E-state index contributed by atoms with van der Waals surface area (Å²) < 4.78 is 7.37. The zero-order chi connectivity index (χ0) is 23.4. The third-order valence-electron chi connectivity index (χ3n) is 4.72. The Morgan fingerprint density at radius 2 is 1.73 bits per heavy atom. The fourth-order valence-electron chi connectivity index (χ4n) is 3.10. The van der Waals surface area contributed by atoms with Crippen molar-refractivity contribution in [1.29, 1.82) is 0 Å². The van der Waals surface area contributed by atoms with Crippen LogP contribution >= 0.6 is 46.4 Å². The number of rotatable bonds is 7. The average Bonchev–Trinajstić information content (AvgIpc) is 3.13. The lowest BCUT2D eigenvalue weighted by Gasteiger charge is -2.09. The van der Waals surface area contributed by atoms with Crippen LogP contribution in [-0.2, 0) is 13.2 Å². The Hall–Kier alpha value is -2.70. The Morgan fingerprint density at radius 3 is 2.52 bits per heavy atom. The van der Waals surface area contributed by atoms with E-state index in [9.17, 15) is 4.79 Å². The van der Waals surface area contributed by atoms with Gasteiger partial charge in [-0.15, -0.1) is 0 Å². The molecule has 4 rings (SSSR count). The molecule has 0 aliphatic carbocycles. The summed E-state index contributed by atoms with van der Waals surface area (Å²) in [6, 6.07) is 19.5. The summed E-state index contributed by atoms with van der Waals surface area (Å²) in [5.74, 6) is 0.432. The fourth-order valence-corrected chi connectivity index (χ4v) is 3.96. The van der Waals surface area contributed by atoms with Gasteiger partial charge in [0.05, 0.1) is 11.6 Å². The molecule has 0 unspecified atom stereocenters. The number of halogens is 4. The molecular weight excluding hydrogens is 504 g/mol. The maximum absolute atomic E-state index is 12.8. The molecule has 0 atom stereocenters. The molecule has 168 valence electrons. The lowest BCUT2D eigenvalue weighted by atomic mass is 10.1. The number of ether oxygens (including phenoxy) is 1. The highest BCUT2D eigenvalue weighted by Gasteiger charge is 2.14. The number of benzene rings is 3. The zero-order valence-electron chi connectivity index (χ0n) is 17.1. The molecule has 5 nitrogen and oxygen atoms in total. The van der Waals surface area contributed by atoms with Crippen molar-refractivity contribution in [2.45, 2.75) is 13.2 Å². The van der Waals surface area contributed by atoms with Crippen molar-refractivity contribution < 1.29 is 9.53 Å². The number of anilines is 1. The Bertz CT molecular complexity index is 1310. The van der Waals surface area contributed by atoms with Gasteiger partial charge in [-0.2, -0.15) is 5.10 Å². The largest absolute Gasteiger partial charge is 0.487 e. The van der Waals surface area contributed by atoms with Gasteiger partial charge in [0, 0.05) is 21.8 Å². The first-order valence-corrected chi connectivity index (χ1v) is 11.3. The number of carbonyl (C=O) groups excluding carboxylic acids is 1. The van der Waals surface area contributed by atoms with Crippen molar-refractivity contribution in [2.24, 2.45) is 0 Å². The first-order chi connectivity index (χ1) is 15.9. The van der Waals surface area contributed by atoms with E-state index in [1.54, 1.807) is 47.3 Å². The second kappa shape index (κ2) is 10.5. The standard InChI is InChI=1S/C24H17Cl4N3O2/c25-18-8-9-22(20(27)11-18)33-14-15-4-3-6-16(10-15)24(32)29-23-21(28)13-31(30-23)12-17-5-1-2-7-19(17)26/h1-11,13H,12,14H2,(H,29,30,32). The molecule has 0 aliphatic heterocycles. The summed E-state index contributed by atoms with van der Waals surface area (Å²) in [7, 11) is 0. The van der Waals surface area contributed by atoms with Gasteiger partial charge in [-0.25, -0.2) is 0 Å². The van der Waals surface area contributed by atoms with Gasteiger partial charge in [0.15, 0.2) is 5.82 Å². The lowest BCUT2D eigenvalue weighted by molar-refractivity contribution is 0.102. The maximum Gasteiger partial charge on any atom is 0.256 e. The monoisotopic (exact) mass is 519 g/mol. The number of nitrogens with zero attached hydrogens (tertiary/aromatic N) is 2. The minimum Gasteiger partial charge on any atom is -0.487 e. The van der Waals surface area contributed by atoms with Crippen molar-refractivity contribution in [3.8, 4) is 5.75 Å². The van der Waals surface area contributed by atoms with Gasteiger partial charge in [0.1, 0.15) is 17.4 Å². The molecule has 9 heteroatoms. The van der Waals surface area contributed by atoms with Crippen LogP contribution in [0.3, 0.4) is 0 Å². The third-order valence-corrected chi connectivity index (χ3v) is 5.89. The molecule has 0 saturated carbocycles. The van der Waals surface area contributed by atoms with Crippen LogP contribution in [0.2, 0.25) is 20.1 Å². The molecule has 1 aromatic heterocycles. The summed E-state index contributed by atoms with van der Waals surface area (Å²) in [4.78, 5) is 12.8. The first kappa shape index (κ1) is 23.5. The van der Waals surface area contributed by atoms with Crippen LogP contribution in [0.15, 0.2) is 72.9 Å². The summed E-state index contributed by atoms with van der Waals surface area (Å²) in [5.41, 5.74) is 2.13. The van der Waals surface area contributed by atoms with Crippen LogP contribution in [0.5, 0.6) is 5.75 Å². The molecule has 0 aliphatic rings. The number of hydrogen-bond acceptors (Lipinski definition) is 3. The number of carbonyl (C=O) groups is 1. The van der Waals surface area contributed by atoms with Gasteiger partial charge in [-0.3, -0.25) is 9.48 Å². The van der Waals surface area contributed by atoms with Crippen molar-refractivity contribution in [3.05, 3.63) is 110 Å². The minimum atomic E-state index is -0.341. The lowest BCUT2D eigenvalue weighted by Crippen LogP contribution is -2.13. The number of nitrogens with one attached hydrogen (secondary N) is 1. The zero-order valence-corrected chi connectivity index (χ0v) is 20.1. The Morgan fingerprint density at radius 1 is 0.909 bits per heavy atom. The van der Waals surface area contributed by atoms with Gasteiger partial charge in [0.2, 0.25) is 0 Å². The molecule has 1 N–H and O–H groups in total. The van der Waals surface area contributed by atoms with Crippen LogP contribution in [0.1, 0.15) is 21.5 Å². The van der Waals surface area contributed by atoms with Crippen LogP contribution in [0.4, 0.5) is 5.82 Å². The van der Waals surface area contributed by atoms with E-state index in [4.69, 9.17) is 51.1 Å². The van der Waals surface area contributed by atoms with E-state index in [1.165, 1.54) is 0 Å². The average molecular weight is 521 g/mol. The highest BCUT2D eigenvalue weighted by Crippen LogP contribution is 2.28. The van der Waals surface area contributed by atoms with Gasteiger partial charge in [-0.05, 0) is 47.5 Å². The van der Waals surface area contributed by atoms with Gasteiger partial charge < -0.3 is 10.1 Å². The molecule has 0 bridgehead atoms. The highest BCUT2D eigenvalue weighted by atomic mass is 35.5. The summed E-state index contributed by atoms with van der Waals surface area (Å²) >= 11 is 24.5. The topological polar surface area (TPSA) is 56.2 Å². The summed E-state index contributed by atoms with van der Waals surface area (Å²) in [6.45, 7) is 0.658. The van der Waals surface area contributed by atoms with Gasteiger partial charge in [-0.1, -0.05) is 76.7 Å². The third kappa shape index (κ3) is 6.01. The Kier molecular flexibility index (Phi) is 7.46. The first-order valence-electron chi connectivity index (χ1n) is 9.83. The maximum atomic E-state index is 12.8. The normalized spacial score (nSPS) is 10.8. The molecule has 3 aromatic carbocycles.